The molecule has 0 spiro atoms. The number of thioether (sulfide) groups is 1. The smallest absolute Gasteiger partial charge is 0.323 e. The summed E-state index contributed by atoms with van der Waals surface area (Å²) in [7, 11) is 0. The number of nitrogens with one attached hydrogen (secondary N) is 4. The van der Waals surface area contributed by atoms with E-state index in [1.807, 2.05) is 49.4 Å². The van der Waals surface area contributed by atoms with Crippen molar-refractivity contribution in [2.75, 3.05) is 21.3 Å². The third-order valence-corrected chi connectivity index (χ3v) is 5.41. The summed E-state index contributed by atoms with van der Waals surface area (Å²) in [6, 6.07) is 23.1. The molecule has 1 unspecified atom stereocenters. The maximum Gasteiger partial charge on any atom is 0.323 e. The monoisotopic (exact) mass is 448 g/mol. The Balaban J connectivity index is 1.49. The number of anilines is 4. The highest BCUT2D eigenvalue weighted by Crippen LogP contribution is 2.26. The van der Waals surface area contributed by atoms with Gasteiger partial charge in [0.25, 0.3) is 0 Å². The van der Waals surface area contributed by atoms with Crippen LogP contribution in [-0.2, 0) is 9.59 Å². The second kappa shape index (κ2) is 11.0. The summed E-state index contributed by atoms with van der Waals surface area (Å²) < 4.78 is 0. The van der Waals surface area contributed by atoms with Crippen molar-refractivity contribution in [3.05, 3.63) is 78.9 Å². The molecule has 0 saturated carbocycles. The average molecular weight is 449 g/mol. The van der Waals surface area contributed by atoms with E-state index < -0.39 is 0 Å². The van der Waals surface area contributed by atoms with E-state index in [1.54, 1.807) is 36.4 Å². The van der Waals surface area contributed by atoms with Gasteiger partial charge in [-0.2, -0.15) is 0 Å². The molecule has 0 aliphatic carbocycles. The number of urea groups is 1. The second-order valence-electron chi connectivity index (χ2n) is 6.98. The lowest BCUT2D eigenvalue weighted by Gasteiger charge is -2.13. The minimum atomic E-state index is -0.329. The molecule has 32 heavy (non-hydrogen) atoms. The second-order valence-corrected chi connectivity index (χ2v) is 8.39. The summed E-state index contributed by atoms with van der Waals surface area (Å²) in [5.41, 5.74) is 2.69. The normalized spacial score (nSPS) is 11.2. The van der Waals surface area contributed by atoms with Crippen LogP contribution in [0.2, 0.25) is 0 Å². The van der Waals surface area contributed by atoms with E-state index in [4.69, 9.17) is 0 Å². The number of hydrogen-bond acceptors (Lipinski definition) is 4. The largest absolute Gasteiger partial charge is 0.326 e. The number of carbonyl (C=O) groups is 3. The fourth-order valence-corrected chi connectivity index (χ4v) is 3.64. The van der Waals surface area contributed by atoms with Crippen LogP contribution in [0.1, 0.15) is 13.8 Å². The summed E-state index contributed by atoms with van der Waals surface area (Å²) in [4.78, 5) is 36.6. The van der Waals surface area contributed by atoms with Gasteiger partial charge in [0.1, 0.15) is 0 Å². The van der Waals surface area contributed by atoms with Gasteiger partial charge in [-0.05, 0) is 67.6 Å². The SMILES string of the molecule is CC(=O)Nc1ccc(NC(=O)C(C)Sc2ccc(NC(=O)Nc3ccccc3)cc2)cc1. The molecule has 3 aromatic carbocycles. The number of hydrogen-bond donors (Lipinski definition) is 4. The first kappa shape index (κ1) is 22.9. The fraction of sp³-hybridized carbons (Fsp3) is 0.125. The van der Waals surface area contributed by atoms with E-state index in [2.05, 4.69) is 21.3 Å². The third-order valence-electron chi connectivity index (χ3n) is 4.30. The Bertz CT molecular complexity index is 1070. The van der Waals surface area contributed by atoms with E-state index in [-0.39, 0.29) is 23.1 Å². The van der Waals surface area contributed by atoms with Crippen molar-refractivity contribution in [2.45, 2.75) is 24.0 Å². The van der Waals surface area contributed by atoms with Gasteiger partial charge < -0.3 is 21.3 Å². The lowest BCUT2D eigenvalue weighted by Crippen LogP contribution is -2.22. The maximum atomic E-state index is 12.5. The Hall–Kier alpha value is -3.78. The molecule has 3 rings (SSSR count). The summed E-state index contributed by atoms with van der Waals surface area (Å²) in [6.07, 6.45) is 0. The molecule has 0 radical (unpaired) electrons. The van der Waals surface area contributed by atoms with Crippen molar-refractivity contribution in [1.29, 1.82) is 0 Å². The molecule has 0 aromatic heterocycles. The number of rotatable bonds is 7. The summed E-state index contributed by atoms with van der Waals surface area (Å²) in [5, 5.41) is 10.8. The highest BCUT2D eigenvalue weighted by atomic mass is 32.2. The van der Waals surface area contributed by atoms with Gasteiger partial charge in [0.2, 0.25) is 11.8 Å². The van der Waals surface area contributed by atoms with Gasteiger partial charge in [0.05, 0.1) is 5.25 Å². The van der Waals surface area contributed by atoms with Gasteiger partial charge in [-0.25, -0.2) is 4.79 Å². The molecule has 164 valence electrons. The molecule has 0 heterocycles. The van der Waals surface area contributed by atoms with Gasteiger partial charge in [-0.15, -0.1) is 11.8 Å². The molecular weight excluding hydrogens is 424 g/mol. The standard InChI is InChI=1S/C24H24N4O3S/c1-16(23(30)26-20-10-8-19(9-11-20)25-17(2)29)32-22-14-12-21(13-15-22)28-24(31)27-18-6-4-3-5-7-18/h3-16H,1-2H3,(H,25,29)(H,26,30)(H2,27,28,31). The highest BCUT2D eigenvalue weighted by molar-refractivity contribution is 8.00. The molecule has 3 aromatic rings. The van der Waals surface area contributed by atoms with E-state index in [1.165, 1.54) is 18.7 Å². The van der Waals surface area contributed by atoms with Crippen LogP contribution in [0.3, 0.4) is 0 Å². The van der Waals surface area contributed by atoms with Gasteiger partial charge in [-0.3, -0.25) is 9.59 Å². The molecule has 0 saturated heterocycles. The van der Waals surface area contributed by atoms with Crippen LogP contribution in [0.25, 0.3) is 0 Å². The summed E-state index contributed by atoms with van der Waals surface area (Å²) in [6.45, 7) is 3.27. The van der Waals surface area contributed by atoms with Crippen molar-refractivity contribution >= 4 is 52.4 Å². The van der Waals surface area contributed by atoms with Crippen LogP contribution >= 0.6 is 11.8 Å². The summed E-state index contributed by atoms with van der Waals surface area (Å²) >= 11 is 1.42. The molecular formula is C24H24N4O3S. The van der Waals surface area contributed by atoms with Crippen molar-refractivity contribution < 1.29 is 14.4 Å². The zero-order valence-electron chi connectivity index (χ0n) is 17.7. The van der Waals surface area contributed by atoms with Gasteiger partial charge >= 0.3 is 6.03 Å². The zero-order chi connectivity index (χ0) is 22.9. The average Bonchev–Trinajstić information content (AvgIpc) is 2.76. The molecule has 0 aliphatic heterocycles. The lowest BCUT2D eigenvalue weighted by molar-refractivity contribution is -0.115. The number of para-hydroxylation sites is 1. The number of benzene rings is 3. The van der Waals surface area contributed by atoms with E-state index in [0.29, 0.717) is 22.7 Å². The zero-order valence-corrected chi connectivity index (χ0v) is 18.5. The van der Waals surface area contributed by atoms with Crippen LogP contribution in [0, 0.1) is 0 Å². The quantitative estimate of drug-likeness (QED) is 0.363. The van der Waals surface area contributed by atoms with Crippen molar-refractivity contribution in [3.8, 4) is 0 Å². The number of amides is 4. The Labute approximate surface area is 191 Å². The Kier molecular flexibility index (Phi) is 7.88. The minimum absolute atomic E-state index is 0.133. The molecule has 4 amide bonds. The van der Waals surface area contributed by atoms with Crippen LogP contribution in [-0.4, -0.2) is 23.1 Å². The topological polar surface area (TPSA) is 99.3 Å². The van der Waals surface area contributed by atoms with Crippen molar-refractivity contribution in [3.63, 3.8) is 0 Å². The molecule has 1 atom stereocenters. The molecule has 0 aliphatic rings. The van der Waals surface area contributed by atoms with Crippen LogP contribution in [0.15, 0.2) is 83.8 Å². The predicted octanol–water partition coefficient (Wildman–Crippen LogP) is 5.41. The van der Waals surface area contributed by atoms with E-state index >= 15 is 0 Å². The van der Waals surface area contributed by atoms with Gasteiger partial charge in [0, 0.05) is 34.6 Å². The Morgan fingerprint density at radius 3 is 1.69 bits per heavy atom. The van der Waals surface area contributed by atoms with Crippen molar-refractivity contribution in [1.82, 2.24) is 0 Å². The molecule has 4 N–H and O–H groups in total. The van der Waals surface area contributed by atoms with Crippen molar-refractivity contribution in [2.24, 2.45) is 0 Å². The third kappa shape index (κ3) is 7.17. The number of carbonyl (C=O) groups excluding carboxylic acids is 3. The summed E-state index contributed by atoms with van der Waals surface area (Å²) in [5.74, 6) is -0.281. The van der Waals surface area contributed by atoms with E-state index in [0.717, 1.165) is 4.90 Å². The fourth-order valence-electron chi connectivity index (χ4n) is 2.77. The van der Waals surface area contributed by atoms with Crippen LogP contribution in [0.5, 0.6) is 0 Å². The van der Waals surface area contributed by atoms with Gasteiger partial charge in [0.15, 0.2) is 0 Å². The van der Waals surface area contributed by atoms with E-state index in [9.17, 15) is 14.4 Å². The predicted molar refractivity (Wildman–Crippen MR) is 130 cm³/mol. The lowest BCUT2D eigenvalue weighted by atomic mass is 10.2. The van der Waals surface area contributed by atoms with Gasteiger partial charge in [-0.1, -0.05) is 18.2 Å². The Morgan fingerprint density at radius 2 is 1.12 bits per heavy atom. The first-order valence-corrected chi connectivity index (χ1v) is 10.9. The molecule has 7 nitrogen and oxygen atoms in total. The first-order chi connectivity index (χ1) is 15.4. The highest BCUT2D eigenvalue weighted by Gasteiger charge is 2.15. The molecule has 8 heteroatoms. The minimum Gasteiger partial charge on any atom is -0.326 e. The molecule has 0 bridgehead atoms. The first-order valence-electron chi connectivity index (χ1n) is 9.97. The Morgan fingerprint density at radius 1 is 0.656 bits per heavy atom. The van der Waals surface area contributed by atoms with Crippen LogP contribution in [0.4, 0.5) is 27.5 Å². The van der Waals surface area contributed by atoms with Crippen LogP contribution < -0.4 is 21.3 Å². The maximum absolute atomic E-state index is 12.5. The molecule has 0 fully saturated rings.